The third kappa shape index (κ3) is 4.41. The Morgan fingerprint density at radius 2 is 2.12 bits per heavy atom. The molecule has 0 aromatic heterocycles. The quantitative estimate of drug-likeness (QED) is 0.587. The van der Waals surface area contributed by atoms with Gasteiger partial charge in [0.05, 0.1) is 11.7 Å². The second-order valence-corrected chi connectivity index (χ2v) is 4.07. The molecule has 1 rings (SSSR count). The Morgan fingerprint density at radius 1 is 1.35 bits per heavy atom. The van der Waals surface area contributed by atoms with E-state index in [2.05, 4.69) is 0 Å². The molecule has 17 heavy (non-hydrogen) atoms. The molecule has 1 aromatic rings. The number of aliphatic hydroxyl groups excluding tert-OH is 1. The van der Waals surface area contributed by atoms with E-state index in [1.165, 1.54) is 6.07 Å². The smallest absolute Gasteiger partial charge is 0.154 e. The molecule has 0 aliphatic rings. The molecule has 0 aliphatic heterocycles. The maximum atomic E-state index is 10.8. The van der Waals surface area contributed by atoms with Gasteiger partial charge in [-0.3, -0.25) is 4.79 Å². The first-order valence-corrected chi connectivity index (χ1v) is 5.74. The zero-order chi connectivity index (χ0) is 12.7. The molecule has 3 nitrogen and oxygen atoms in total. The molecular weight excluding hydrogens is 216 g/mol. The lowest BCUT2D eigenvalue weighted by molar-refractivity contribution is 0.112. The van der Waals surface area contributed by atoms with Gasteiger partial charge in [0.15, 0.2) is 6.29 Å². The average Bonchev–Trinajstić information content (AvgIpc) is 2.28. The monoisotopic (exact) mass is 234 g/mol. The summed E-state index contributed by atoms with van der Waals surface area (Å²) in [5, 5.41) is 18.6. The summed E-state index contributed by atoms with van der Waals surface area (Å²) in [5.41, 5.74) is 1.17. The van der Waals surface area contributed by atoms with Crippen LogP contribution in [0.25, 0.3) is 0 Å². The highest BCUT2D eigenvalue weighted by Gasteiger charge is 2.04. The molecule has 0 aliphatic carbocycles. The number of carbonyl (C=O) groups excluding carboxylic acids is 1. The molecule has 92 valence electrons. The highest BCUT2D eigenvalue weighted by atomic mass is 16.3. The van der Waals surface area contributed by atoms with Crippen molar-refractivity contribution >= 4 is 6.29 Å². The molecule has 1 atom stereocenters. The molecule has 0 spiro atoms. The maximum absolute atomic E-state index is 10.8. The summed E-state index contributed by atoms with van der Waals surface area (Å²) < 4.78 is 0. The van der Waals surface area contributed by atoms with Crippen molar-refractivity contribution in [2.24, 2.45) is 0 Å². The third-order valence-corrected chi connectivity index (χ3v) is 2.55. The number of phenolic OH excluding ortho intramolecular Hbond substituents is 1. The summed E-state index contributed by atoms with van der Waals surface area (Å²) in [6.07, 6.45) is 6.47. The number of carbonyl (C=O) groups is 1. The van der Waals surface area contributed by atoms with Gasteiger partial charge in [0.1, 0.15) is 5.75 Å². The van der Waals surface area contributed by atoms with E-state index in [0.29, 0.717) is 18.3 Å². The number of aromatic hydroxyl groups is 1. The Balaban J connectivity index is 2.57. The van der Waals surface area contributed by atoms with Gasteiger partial charge in [-0.2, -0.15) is 0 Å². The lowest BCUT2D eigenvalue weighted by Gasteiger charge is -2.03. The largest absolute Gasteiger partial charge is 0.507 e. The van der Waals surface area contributed by atoms with Crippen molar-refractivity contribution in [3.05, 3.63) is 41.5 Å². The first-order chi connectivity index (χ1) is 8.15. The van der Waals surface area contributed by atoms with E-state index in [1.807, 2.05) is 18.2 Å². The number of hydrogen-bond donors (Lipinski definition) is 2. The topological polar surface area (TPSA) is 57.5 Å². The van der Waals surface area contributed by atoms with Crippen LogP contribution < -0.4 is 0 Å². The van der Waals surface area contributed by atoms with Crippen molar-refractivity contribution in [1.29, 1.82) is 0 Å². The first kappa shape index (κ1) is 13.5. The van der Waals surface area contributed by atoms with Gasteiger partial charge in [-0.25, -0.2) is 0 Å². The molecule has 0 saturated heterocycles. The van der Waals surface area contributed by atoms with Gasteiger partial charge >= 0.3 is 0 Å². The van der Waals surface area contributed by atoms with Crippen molar-refractivity contribution in [3.63, 3.8) is 0 Å². The molecule has 1 aromatic carbocycles. The standard InChI is InChI=1S/C14H18O3/c1-11(16)6-3-2-4-7-12-8-5-9-14(17)13(12)10-15/h2,4-5,8-11,16-17H,3,6-7H2,1H3/b4-2+. The van der Waals surface area contributed by atoms with E-state index in [-0.39, 0.29) is 11.9 Å². The molecule has 2 N–H and O–H groups in total. The predicted molar refractivity (Wildman–Crippen MR) is 67.3 cm³/mol. The number of aliphatic hydroxyl groups is 1. The second kappa shape index (κ2) is 6.86. The Morgan fingerprint density at radius 3 is 2.76 bits per heavy atom. The third-order valence-electron chi connectivity index (χ3n) is 2.55. The van der Waals surface area contributed by atoms with Gasteiger partial charge in [-0.15, -0.1) is 0 Å². The molecule has 0 heterocycles. The van der Waals surface area contributed by atoms with Crippen LogP contribution in [0.2, 0.25) is 0 Å². The highest BCUT2D eigenvalue weighted by molar-refractivity contribution is 5.81. The minimum atomic E-state index is -0.286. The van der Waals surface area contributed by atoms with Crippen molar-refractivity contribution in [2.45, 2.75) is 32.3 Å². The van der Waals surface area contributed by atoms with Crippen LogP contribution in [0.4, 0.5) is 0 Å². The number of rotatable bonds is 6. The number of hydrogen-bond acceptors (Lipinski definition) is 3. The summed E-state index contributed by atoms with van der Waals surface area (Å²) >= 11 is 0. The minimum Gasteiger partial charge on any atom is -0.507 e. The van der Waals surface area contributed by atoms with Crippen LogP contribution >= 0.6 is 0 Å². The summed E-state index contributed by atoms with van der Waals surface area (Å²) in [4.78, 5) is 10.8. The summed E-state index contributed by atoms with van der Waals surface area (Å²) in [5.74, 6) is 0.0230. The fourth-order valence-electron chi connectivity index (χ4n) is 1.58. The van der Waals surface area contributed by atoms with Crippen LogP contribution in [-0.4, -0.2) is 22.6 Å². The van der Waals surface area contributed by atoms with Crippen LogP contribution in [0.3, 0.4) is 0 Å². The molecular formula is C14H18O3. The SMILES string of the molecule is CC(O)CC/C=C/Cc1cccc(O)c1C=O. The zero-order valence-corrected chi connectivity index (χ0v) is 9.97. The Labute approximate surface area is 101 Å². The van der Waals surface area contributed by atoms with Crippen LogP contribution in [-0.2, 0) is 6.42 Å². The van der Waals surface area contributed by atoms with Crippen molar-refractivity contribution < 1.29 is 15.0 Å². The molecule has 3 heteroatoms. The van der Waals surface area contributed by atoms with E-state index in [9.17, 15) is 9.90 Å². The van der Waals surface area contributed by atoms with Crippen molar-refractivity contribution in [3.8, 4) is 5.75 Å². The fourth-order valence-corrected chi connectivity index (χ4v) is 1.58. The highest BCUT2D eigenvalue weighted by Crippen LogP contribution is 2.19. The van der Waals surface area contributed by atoms with Crippen molar-refractivity contribution in [2.75, 3.05) is 0 Å². The molecule has 0 saturated carbocycles. The van der Waals surface area contributed by atoms with Crippen LogP contribution in [0.15, 0.2) is 30.4 Å². The fraction of sp³-hybridized carbons (Fsp3) is 0.357. The van der Waals surface area contributed by atoms with Gasteiger partial charge in [0.25, 0.3) is 0 Å². The lowest BCUT2D eigenvalue weighted by Crippen LogP contribution is -1.97. The summed E-state index contributed by atoms with van der Waals surface area (Å²) in [7, 11) is 0. The van der Waals surface area contributed by atoms with Gasteiger partial charge in [-0.1, -0.05) is 24.3 Å². The van der Waals surface area contributed by atoms with E-state index in [0.717, 1.165) is 18.4 Å². The number of phenols is 1. The van der Waals surface area contributed by atoms with Gasteiger partial charge in [0, 0.05) is 0 Å². The van der Waals surface area contributed by atoms with Gasteiger partial charge in [-0.05, 0) is 37.8 Å². The average molecular weight is 234 g/mol. The first-order valence-electron chi connectivity index (χ1n) is 5.74. The zero-order valence-electron chi connectivity index (χ0n) is 9.97. The predicted octanol–water partition coefficient (Wildman–Crippen LogP) is 2.46. The van der Waals surface area contributed by atoms with E-state index in [1.54, 1.807) is 13.0 Å². The number of aldehydes is 1. The van der Waals surface area contributed by atoms with Gasteiger partial charge < -0.3 is 10.2 Å². The maximum Gasteiger partial charge on any atom is 0.154 e. The molecule has 0 amide bonds. The number of allylic oxidation sites excluding steroid dienone is 2. The molecule has 0 radical (unpaired) electrons. The second-order valence-electron chi connectivity index (χ2n) is 4.07. The normalized spacial score (nSPS) is 12.8. The van der Waals surface area contributed by atoms with Crippen LogP contribution in [0.5, 0.6) is 5.75 Å². The van der Waals surface area contributed by atoms with E-state index in [4.69, 9.17) is 5.11 Å². The Hall–Kier alpha value is -1.61. The van der Waals surface area contributed by atoms with Gasteiger partial charge in [0.2, 0.25) is 0 Å². The Kier molecular flexibility index (Phi) is 5.43. The lowest BCUT2D eigenvalue weighted by atomic mass is 10.0. The molecule has 0 fully saturated rings. The molecule has 0 bridgehead atoms. The summed E-state index contributed by atoms with van der Waals surface area (Å²) in [6, 6.07) is 5.05. The van der Waals surface area contributed by atoms with E-state index < -0.39 is 0 Å². The van der Waals surface area contributed by atoms with Crippen molar-refractivity contribution in [1.82, 2.24) is 0 Å². The number of benzene rings is 1. The minimum absolute atomic E-state index is 0.0230. The summed E-state index contributed by atoms with van der Waals surface area (Å²) in [6.45, 7) is 1.76. The Bertz CT molecular complexity index is 394. The van der Waals surface area contributed by atoms with Crippen LogP contribution in [0, 0.1) is 0 Å². The van der Waals surface area contributed by atoms with E-state index >= 15 is 0 Å². The van der Waals surface area contributed by atoms with Crippen LogP contribution in [0.1, 0.15) is 35.7 Å². The molecule has 1 unspecified atom stereocenters.